The van der Waals surface area contributed by atoms with Crippen LogP contribution in [-0.2, 0) is 11.2 Å². The standard InChI is InChI=1S/C18H22N2O2/c1-13-18(14(2)22-19-13)16-9-6-12-20(16)17(21)11-10-15-7-4-3-5-8-15/h3-5,7-8,16H,6,9-12H2,1-2H3. The number of nitrogens with zero attached hydrogens (tertiary/aromatic N) is 2. The molecule has 3 rings (SSSR count). The van der Waals surface area contributed by atoms with Crippen LogP contribution in [0.15, 0.2) is 34.9 Å². The van der Waals surface area contributed by atoms with Gasteiger partial charge in [-0.1, -0.05) is 35.5 Å². The molecule has 0 bridgehead atoms. The van der Waals surface area contributed by atoms with Crippen LogP contribution >= 0.6 is 0 Å². The second-order valence-electron chi connectivity index (χ2n) is 5.97. The van der Waals surface area contributed by atoms with Crippen molar-refractivity contribution in [1.29, 1.82) is 0 Å². The first-order valence-corrected chi connectivity index (χ1v) is 7.93. The highest BCUT2D eigenvalue weighted by Gasteiger charge is 2.33. The fourth-order valence-electron chi connectivity index (χ4n) is 3.37. The van der Waals surface area contributed by atoms with Gasteiger partial charge in [0.25, 0.3) is 0 Å². The number of hydrogen-bond donors (Lipinski definition) is 0. The molecule has 116 valence electrons. The molecule has 22 heavy (non-hydrogen) atoms. The van der Waals surface area contributed by atoms with Gasteiger partial charge in [-0.05, 0) is 38.7 Å². The van der Waals surface area contributed by atoms with E-state index in [2.05, 4.69) is 17.3 Å². The average molecular weight is 298 g/mol. The highest BCUT2D eigenvalue weighted by molar-refractivity contribution is 5.77. The largest absolute Gasteiger partial charge is 0.361 e. The number of carbonyl (C=O) groups is 1. The molecule has 2 heterocycles. The van der Waals surface area contributed by atoms with Crippen LogP contribution in [-0.4, -0.2) is 22.5 Å². The Morgan fingerprint density at radius 2 is 2.09 bits per heavy atom. The van der Waals surface area contributed by atoms with Crippen molar-refractivity contribution >= 4 is 5.91 Å². The number of amides is 1. The number of likely N-dealkylation sites (tertiary alicyclic amines) is 1. The van der Waals surface area contributed by atoms with E-state index in [-0.39, 0.29) is 11.9 Å². The maximum Gasteiger partial charge on any atom is 0.223 e. The Morgan fingerprint density at radius 1 is 1.32 bits per heavy atom. The SMILES string of the molecule is Cc1noc(C)c1C1CCCN1C(=O)CCc1ccccc1. The summed E-state index contributed by atoms with van der Waals surface area (Å²) < 4.78 is 5.28. The summed E-state index contributed by atoms with van der Waals surface area (Å²) >= 11 is 0. The van der Waals surface area contributed by atoms with E-state index in [1.54, 1.807) is 0 Å². The lowest BCUT2D eigenvalue weighted by atomic mass is 10.0. The second-order valence-corrected chi connectivity index (χ2v) is 5.97. The topological polar surface area (TPSA) is 46.3 Å². The number of aromatic nitrogens is 1. The van der Waals surface area contributed by atoms with Gasteiger partial charge in [0, 0.05) is 18.5 Å². The maximum atomic E-state index is 12.6. The minimum atomic E-state index is 0.134. The number of aryl methyl sites for hydroxylation is 3. The Morgan fingerprint density at radius 3 is 2.77 bits per heavy atom. The molecule has 1 aliphatic heterocycles. The Hall–Kier alpha value is -2.10. The van der Waals surface area contributed by atoms with Crippen molar-refractivity contribution in [2.45, 2.75) is 45.6 Å². The third-order valence-corrected chi connectivity index (χ3v) is 4.47. The fourth-order valence-corrected chi connectivity index (χ4v) is 3.37. The average Bonchev–Trinajstić information content (AvgIpc) is 3.12. The van der Waals surface area contributed by atoms with Crippen molar-refractivity contribution in [2.75, 3.05) is 6.54 Å². The van der Waals surface area contributed by atoms with Crippen molar-refractivity contribution in [1.82, 2.24) is 10.1 Å². The quantitative estimate of drug-likeness (QED) is 0.866. The molecule has 2 aromatic rings. The predicted octanol–water partition coefficient (Wildman–Crippen LogP) is 3.59. The Balaban J connectivity index is 1.69. The normalized spacial score (nSPS) is 17.9. The van der Waals surface area contributed by atoms with Crippen LogP contribution < -0.4 is 0 Å². The van der Waals surface area contributed by atoms with Gasteiger partial charge in [-0.3, -0.25) is 4.79 Å². The van der Waals surface area contributed by atoms with Crippen molar-refractivity contribution < 1.29 is 9.32 Å². The number of benzene rings is 1. The number of carbonyl (C=O) groups excluding carboxylic acids is 1. The number of hydrogen-bond acceptors (Lipinski definition) is 3. The number of rotatable bonds is 4. The molecule has 1 aliphatic rings. The van der Waals surface area contributed by atoms with Crippen molar-refractivity contribution in [3.8, 4) is 0 Å². The first-order chi connectivity index (χ1) is 10.7. The molecule has 1 aromatic heterocycles. The van der Waals surface area contributed by atoms with E-state index < -0.39 is 0 Å². The van der Waals surface area contributed by atoms with Crippen LogP contribution in [0.2, 0.25) is 0 Å². The van der Waals surface area contributed by atoms with Gasteiger partial charge < -0.3 is 9.42 Å². The molecule has 1 saturated heterocycles. The molecule has 1 atom stereocenters. The molecule has 0 spiro atoms. The van der Waals surface area contributed by atoms with Crippen LogP contribution in [0.3, 0.4) is 0 Å². The summed E-state index contributed by atoms with van der Waals surface area (Å²) in [5.41, 5.74) is 3.22. The molecular weight excluding hydrogens is 276 g/mol. The summed E-state index contributed by atoms with van der Waals surface area (Å²) in [4.78, 5) is 14.6. The molecule has 1 fully saturated rings. The van der Waals surface area contributed by atoms with E-state index in [1.165, 1.54) is 5.56 Å². The highest BCUT2D eigenvalue weighted by Crippen LogP contribution is 2.35. The van der Waals surface area contributed by atoms with Crippen LogP contribution in [0.4, 0.5) is 0 Å². The monoisotopic (exact) mass is 298 g/mol. The van der Waals surface area contributed by atoms with Gasteiger partial charge >= 0.3 is 0 Å². The van der Waals surface area contributed by atoms with Crippen molar-refractivity contribution in [3.05, 3.63) is 52.9 Å². The Labute approximate surface area is 131 Å². The van der Waals surface area contributed by atoms with Gasteiger partial charge in [-0.15, -0.1) is 0 Å². The summed E-state index contributed by atoms with van der Waals surface area (Å²) in [5.74, 6) is 1.07. The molecule has 1 unspecified atom stereocenters. The molecule has 0 saturated carbocycles. The van der Waals surface area contributed by atoms with E-state index in [4.69, 9.17) is 4.52 Å². The zero-order valence-corrected chi connectivity index (χ0v) is 13.2. The summed E-state index contributed by atoms with van der Waals surface area (Å²) in [5, 5.41) is 4.04. The van der Waals surface area contributed by atoms with Gasteiger partial charge in [0.1, 0.15) is 5.76 Å². The lowest BCUT2D eigenvalue weighted by molar-refractivity contribution is -0.132. The van der Waals surface area contributed by atoms with E-state index >= 15 is 0 Å². The van der Waals surface area contributed by atoms with Gasteiger partial charge in [0.2, 0.25) is 5.91 Å². The molecule has 4 nitrogen and oxygen atoms in total. The Kier molecular flexibility index (Phi) is 4.27. The lowest BCUT2D eigenvalue weighted by Gasteiger charge is -2.25. The molecule has 0 radical (unpaired) electrons. The molecule has 1 aromatic carbocycles. The van der Waals surface area contributed by atoms with Gasteiger partial charge in [0.05, 0.1) is 11.7 Å². The molecule has 4 heteroatoms. The molecular formula is C18H22N2O2. The fraction of sp³-hybridized carbons (Fsp3) is 0.444. The van der Waals surface area contributed by atoms with Crippen LogP contribution in [0, 0.1) is 13.8 Å². The third-order valence-electron chi connectivity index (χ3n) is 4.47. The summed E-state index contributed by atoms with van der Waals surface area (Å²) in [6, 6.07) is 10.3. The third kappa shape index (κ3) is 2.91. The summed E-state index contributed by atoms with van der Waals surface area (Å²) in [6.45, 7) is 4.72. The zero-order chi connectivity index (χ0) is 15.5. The summed E-state index contributed by atoms with van der Waals surface area (Å²) in [6.07, 6.45) is 3.40. The van der Waals surface area contributed by atoms with Crippen LogP contribution in [0.25, 0.3) is 0 Å². The summed E-state index contributed by atoms with van der Waals surface area (Å²) in [7, 11) is 0. The predicted molar refractivity (Wildman–Crippen MR) is 84.4 cm³/mol. The zero-order valence-electron chi connectivity index (χ0n) is 13.2. The van der Waals surface area contributed by atoms with Crippen molar-refractivity contribution in [3.63, 3.8) is 0 Å². The minimum absolute atomic E-state index is 0.134. The van der Waals surface area contributed by atoms with Gasteiger partial charge in [-0.25, -0.2) is 0 Å². The van der Waals surface area contributed by atoms with Crippen LogP contribution in [0.5, 0.6) is 0 Å². The molecule has 0 aliphatic carbocycles. The van der Waals surface area contributed by atoms with Gasteiger partial charge in [-0.2, -0.15) is 0 Å². The lowest BCUT2D eigenvalue weighted by Crippen LogP contribution is -2.31. The van der Waals surface area contributed by atoms with E-state index in [0.717, 1.165) is 42.8 Å². The molecule has 0 N–H and O–H groups in total. The van der Waals surface area contributed by atoms with E-state index in [0.29, 0.717) is 6.42 Å². The highest BCUT2D eigenvalue weighted by atomic mass is 16.5. The minimum Gasteiger partial charge on any atom is -0.361 e. The van der Waals surface area contributed by atoms with Crippen LogP contribution in [0.1, 0.15) is 47.9 Å². The molecule has 1 amide bonds. The first kappa shape index (κ1) is 14.8. The van der Waals surface area contributed by atoms with Gasteiger partial charge in [0.15, 0.2) is 0 Å². The maximum absolute atomic E-state index is 12.6. The smallest absolute Gasteiger partial charge is 0.223 e. The Bertz CT molecular complexity index is 629. The van der Waals surface area contributed by atoms with E-state index in [1.807, 2.05) is 36.9 Å². The van der Waals surface area contributed by atoms with E-state index in [9.17, 15) is 4.79 Å². The first-order valence-electron chi connectivity index (χ1n) is 7.93. The van der Waals surface area contributed by atoms with Crippen molar-refractivity contribution in [2.24, 2.45) is 0 Å². The second kappa shape index (κ2) is 6.34.